The van der Waals surface area contributed by atoms with E-state index in [1.54, 1.807) is 0 Å². The molecule has 1 aliphatic heterocycles. The molecule has 5 rings (SSSR count). The van der Waals surface area contributed by atoms with Crippen LogP contribution in [0.3, 0.4) is 0 Å². The van der Waals surface area contributed by atoms with Crippen molar-refractivity contribution in [3.05, 3.63) is 53.9 Å². The molecule has 140 valence electrons. The highest BCUT2D eigenvalue weighted by Gasteiger charge is 2.38. The highest BCUT2D eigenvalue weighted by atomic mass is 16.3. The molecule has 1 aromatic carbocycles. The molecule has 0 saturated carbocycles. The number of furan rings is 1. The highest BCUT2D eigenvalue weighted by Crippen LogP contribution is 2.47. The zero-order valence-corrected chi connectivity index (χ0v) is 16.7. The summed E-state index contributed by atoms with van der Waals surface area (Å²) in [6.07, 6.45) is 1.98. The second-order valence-corrected chi connectivity index (χ2v) is 7.69. The minimum absolute atomic E-state index is 0.118. The van der Waals surface area contributed by atoms with Gasteiger partial charge in [0, 0.05) is 17.6 Å². The number of benzene rings is 1. The quantitative estimate of drug-likeness (QED) is 0.479. The van der Waals surface area contributed by atoms with Gasteiger partial charge in [0.15, 0.2) is 11.4 Å². The second kappa shape index (κ2) is 5.87. The molecule has 0 N–H and O–H groups in total. The van der Waals surface area contributed by atoms with Gasteiger partial charge in [0.25, 0.3) is 0 Å². The third-order valence-corrected chi connectivity index (χ3v) is 5.50. The number of hydrogen-bond acceptors (Lipinski definition) is 5. The van der Waals surface area contributed by atoms with Gasteiger partial charge in [0.1, 0.15) is 6.17 Å². The molecule has 5 nitrogen and oxygen atoms in total. The first-order chi connectivity index (χ1) is 13.5. The molecular weight excluding hydrogens is 348 g/mol. The van der Waals surface area contributed by atoms with Crippen molar-refractivity contribution in [3.63, 3.8) is 0 Å². The van der Waals surface area contributed by atoms with Gasteiger partial charge in [-0.3, -0.25) is 0 Å². The van der Waals surface area contributed by atoms with Crippen molar-refractivity contribution in [2.75, 3.05) is 9.80 Å². The standard InChI is InChI=1S/C23H22N4O/c1-13(2)26-16(5)27(19-7-6-12-24-22(19)26)20-14(3)8-10-17-18-11-9-15(4)25-23(18)28-21(17)20/h6-8,10,12-13,16H,1-5H3/t16-/m0/s1. The highest BCUT2D eigenvalue weighted by molar-refractivity contribution is 6.09. The van der Waals surface area contributed by atoms with Crippen LogP contribution in [0.25, 0.3) is 22.1 Å². The van der Waals surface area contributed by atoms with Gasteiger partial charge in [-0.15, -0.1) is 0 Å². The molecule has 4 aromatic rings. The summed E-state index contributed by atoms with van der Waals surface area (Å²) in [5.41, 5.74) is 5.53. The third kappa shape index (κ3) is 2.21. The number of rotatable bonds is 2. The first-order valence-electron chi connectivity index (χ1n) is 9.63. The van der Waals surface area contributed by atoms with Gasteiger partial charge >= 0.3 is 0 Å². The SMILES string of the molecule is Cc1c#cc2c(n1)oc1c(N3c4cccnc4N(C(C)C)[C@@H]3C)c(C)ccc12. The lowest BCUT2D eigenvalue weighted by molar-refractivity contribution is 0.597. The van der Waals surface area contributed by atoms with Gasteiger partial charge in [-0.05, 0) is 64.4 Å². The van der Waals surface area contributed by atoms with Gasteiger partial charge in [0.2, 0.25) is 5.71 Å². The first kappa shape index (κ1) is 16.9. The van der Waals surface area contributed by atoms with Crippen molar-refractivity contribution in [1.29, 1.82) is 0 Å². The van der Waals surface area contributed by atoms with Crippen molar-refractivity contribution in [1.82, 2.24) is 9.97 Å². The van der Waals surface area contributed by atoms with Crippen molar-refractivity contribution >= 4 is 39.3 Å². The summed E-state index contributed by atoms with van der Waals surface area (Å²) in [4.78, 5) is 13.9. The lowest BCUT2D eigenvalue weighted by atomic mass is 10.1. The average Bonchev–Trinajstić information content (AvgIpc) is 3.16. The maximum absolute atomic E-state index is 6.27. The minimum Gasteiger partial charge on any atom is -0.435 e. The van der Waals surface area contributed by atoms with Crippen LogP contribution in [0, 0.1) is 26.0 Å². The first-order valence-corrected chi connectivity index (χ1v) is 9.63. The zero-order chi connectivity index (χ0) is 19.6. The van der Waals surface area contributed by atoms with Crippen molar-refractivity contribution in [2.24, 2.45) is 0 Å². The Labute approximate surface area is 164 Å². The molecule has 1 atom stereocenters. The largest absolute Gasteiger partial charge is 0.435 e. The van der Waals surface area contributed by atoms with Crippen LogP contribution in [0.4, 0.5) is 17.2 Å². The van der Waals surface area contributed by atoms with E-state index in [9.17, 15) is 0 Å². The van der Waals surface area contributed by atoms with Crippen LogP contribution in [0.15, 0.2) is 34.9 Å². The summed E-state index contributed by atoms with van der Waals surface area (Å²) >= 11 is 0. The number of nitrogens with zero attached hydrogens (tertiary/aromatic N) is 4. The van der Waals surface area contributed by atoms with Gasteiger partial charge in [-0.1, -0.05) is 12.1 Å². The molecule has 4 heterocycles. The maximum atomic E-state index is 6.27. The minimum atomic E-state index is 0.118. The molecule has 0 aliphatic carbocycles. The van der Waals surface area contributed by atoms with Crippen LogP contribution in [-0.4, -0.2) is 22.2 Å². The fourth-order valence-electron chi connectivity index (χ4n) is 4.33. The molecule has 0 bridgehead atoms. The fraction of sp³-hybridized carbons (Fsp3) is 0.304. The summed E-state index contributed by atoms with van der Waals surface area (Å²) in [6, 6.07) is 15.0. The lowest BCUT2D eigenvalue weighted by Crippen LogP contribution is -2.42. The number of aryl methyl sites for hydroxylation is 2. The van der Waals surface area contributed by atoms with Crippen LogP contribution in [0.2, 0.25) is 0 Å². The van der Waals surface area contributed by atoms with Crippen molar-refractivity contribution < 1.29 is 4.42 Å². The van der Waals surface area contributed by atoms with Crippen LogP contribution in [0.5, 0.6) is 0 Å². The lowest BCUT2D eigenvalue weighted by Gasteiger charge is -2.32. The van der Waals surface area contributed by atoms with E-state index in [4.69, 9.17) is 4.42 Å². The monoisotopic (exact) mass is 370 g/mol. The molecule has 3 aromatic heterocycles. The number of pyridine rings is 1. The summed E-state index contributed by atoms with van der Waals surface area (Å²) in [5.74, 6) is 1.01. The molecule has 0 radical (unpaired) electrons. The summed E-state index contributed by atoms with van der Waals surface area (Å²) in [6.45, 7) is 10.6. The van der Waals surface area contributed by atoms with E-state index < -0.39 is 0 Å². The molecule has 0 unspecified atom stereocenters. The predicted molar refractivity (Wildman–Crippen MR) is 112 cm³/mol. The molecule has 0 spiro atoms. The van der Waals surface area contributed by atoms with E-state index in [0.717, 1.165) is 44.8 Å². The Morgan fingerprint density at radius 2 is 1.96 bits per heavy atom. The second-order valence-electron chi connectivity index (χ2n) is 7.69. The van der Waals surface area contributed by atoms with Gasteiger partial charge in [-0.2, -0.15) is 0 Å². The molecule has 5 heteroatoms. The Morgan fingerprint density at radius 3 is 2.75 bits per heavy atom. The van der Waals surface area contributed by atoms with E-state index in [1.165, 1.54) is 0 Å². The summed E-state index contributed by atoms with van der Waals surface area (Å²) in [7, 11) is 0. The third-order valence-electron chi connectivity index (χ3n) is 5.50. The van der Waals surface area contributed by atoms with Gasteiger partial charge in [0.05, 0.1) is 22.5 Å². The van der Waals surface area contributed by atoms with Crippen LogP contribution < -0.4 is 9.80 Å². The van der Waals surface area contributed by atoms with E-state index in [-0.39, 0.29) is 6.17 Å². The van der Waals surface area contributed by atoms with Crippen LogP contribution >= 0.6 is 0 Å². The summed E-state index contributed by atoms with van der Waals surface area (Å²) in [5, 5.41) is 1.89. The molecule has 0 saturated heterocycles. The predicted octanol–water partition coefficient (Wildman–Crippen LogP) is 5.31. The Balaban J connectivity index is 1.82. The number of anilines is 3. The Kier molecular flexibility index (Phi) is 3.54. The fourth-order valence-corrected chi connectivity index (χ4v) is 4.33. The molecule has 0 amide bonds. The molecule has 1 aliphatic rings. The number of hydrogen-bond donors (Lipinski definition) is 0. The van der Waals surface area contributed by atoms with E-state index in [1.807, 2.05) is 19.2 Å². The normalized spacial score (nSPS) is 16.3. The van der Waals surface area contributed by atoms with Gasteiger partial charge in [-0.25, -0.2) is 9.97 Å². The van der Waals surface area contributed by atoms with Crippen molar-refractivity contribution in [2.45, 2.75) is 46.8 Å². The number of aromatic nitrogens is 2. The molecule has 0 fully saturated rings. The van der Waals surface area contributed by atoms with Gasteiger partial charge < -0.3 is 14.2 Å². The van der Waals surface area contributed by atoms with E-state index >= 15 is 0 Å². The topological polar surface area (TPSA) is 45.4 Å². The Bertz CT molecular complexity index is 1210. The van der Waals surface area contributed by atoms with E-state index in [2.05, 4.69) is 77.8 Å². The van der Waals surface area contributed by atoms with Crippen LogP contribution in [0.1, 0.15) is 32.0 Å². The van der Waals surface area contributed by atoms with E-state index in [0.29, 0.717) is 11.8 Å². The summed E-state index contributed by atoms with van der Waals surface area (Å²) < 4.78 is 6.27. The zero-order valence-electron chi connectivity index (χ0n) is 16.7. The van der Waals surface area contributed by atoms with Crippen molar-refractivity contribution in [3.8, 4) is 0 Å². The maximum Gasteiger partial charge on any atom is 0.236 e. The smallest absolute Gasteiger partial charge is 0.236 e. The molecule has 28 heavy (non-hydrogen) atoms. The molecular formula is C23H22N4O. The number of fused-ring (bicyclic) bond motifs is 4. The Hall–Kier alpha value is -3.26. The average molecular weight is 370 g/mol. The Morgan fingerprint density at radius 1 is 1.14 bits per heavy atom. The van der Waals surface area contributed by atoms with Crippen LogP contribution in [-0.2, 0) is 0 Å².